The highest BCUT2D eigenvalue weighted by molar-refractivity contribution is 5.89. The van der Waals surface area contributed by atoms with Crippen molar-refractivity contribution in [2.24, 2.45) is 11.8 Å². The first-order chi connectivity index (χ1) is 9.56. The van der Waals surface area contributed by atoms with E-state index >= 15 is 0 Å². The van der Waals surface area contributed by atoms with Crippen molar-refractivity contribution < 1.29 is 24.2 Å². The molecule has 0 aromatic heterocycles. The van der Waals surface area contributed by atoms with Crippen molar-refractivity contribution in [2.75, 3.05) is 6.79 Å². The third-order valence-corrected chi connectivity index (χ3v) is 3.70. The van der Waals surface area contributed by atoms with E-state index in [4.69, 9.17) is 14.6 Å². The van der Waals surface area contributed by atoms with Gasteiger partial charge in [0.15, 0.2) is 11.5 Å². The average Bonchev–Trinajstić information content (AvgIpc) is 3.09. The summed E-state index contributed by atoms with van der Waals surface area (Å²) in [6.07, 6.45) is 0.426. The number of carbonyl (C=O) groups excluding carboxylic acids is 1. The quantitative estimate of drug-likeness (QED) is 0.866. The van der Waals surface area contributed by atoms with Gasteiger partial charge in [-0.05, 0) is 31.0 Å². The lowest BCUT2D eigenvalue weighted by molar-refractivity contribution is -0.140. The molecule has 1 aromatic carbocycles. The molecule has 20 heavy (non-hydrogen) atoms. The highest BCUT2D eigenvalue weighted by atomic mass is 16.7. The standard InChI is InChI=1S/C14H15NO5/c1-7(15-13(16)9-5-10(9)14(17)18)8-2-3-11-12(4-8)20-6-19-11/h2-4,7,9-10H,5-6H2,1H3,(H,15,16)(H,17,18)/t7-,9+,10+/m0/s1. The molecule has 1 aliphatic heterocycles. The number of hydrogen-bond donors (Lipinski definition) is 2. The minimum atomic E-state index is -0.902. The van der Waals surface area contributed by atoms with E-state index in [1.54, 1.807) is 6.07 Å². The monoisotopic (exact) mass is 277 g/mol. The average molecular weight is 277 g/mol. The van der Waals surface area contributed by atoms with Gasteiger partial charge >= 0.3 is 5.97 Å². The summed E-state index contributed by atoms with van der Waals surface area (Å²) in [5.74, 6) is -0.676. The van der Waals surface area contributed by atoms with Gasteiger partial charge in [0.1, 0.15) is 0 Å². The Balaban J connectivity index is 1.63. The van der Waals surface area contributed by atoms with Crippen LogP contribution in [0.2, 0.25) is 0 Å². The van der Waals surface area contributed by atoms with Gasteiger partial charge in [0.2, 0.25) is 12.7 Å². The minimum Gasteiger partial charge on any atom is -0.481 e. The van der Waals surface area contributed by atoms with E-state index in [-0.39, 0.29) is 18.7 Å². The number of hydrogen-bond acceptors (Lipinski definition) is 4. The van der Waals surface area contributed by atoms with E-state index in [2.05, 4.69) is 5.32 Å². The fourth-order valence-corrected chi connectivity index (χ4v) is 2.34. The van der Waals surface area contributed by atoms with Gasteiger partial charge in [0.25, 0.3) is 0 Å². The number of fused-ring (bicyclic) bond motifs is 1. The van der Waals surface area contributed by atoms with E-state index in [1.807, 2.05) is 19.1 Å². The molecule has 1 heterocycles. The van der Waals surface area contributed by atoms with Crippen LogP contribution in [-0.2, 0) is 9.59 Å². The molecular weight excluding hydrogens is 262 g/mol. The van der Waals surface area contributed by atoms with Gasteiger partial charge in [-0.25, -0.2) is 0 Å². The van der Waals surface area contributed by atoms with E-state index in [0.717, 1.165) is 5.56 Å². The highest BCUT2D eigenvalue weighted by Gasteiger charge is 2.48. The number of amides is 1. The summed E-state index contributed by atoms with van der Waals surface area (Å²) in [5, 5.41) is 11.7. The number of benzene rings is 1. The molecule has 1 aromatic rings. The molecule has 2 N–H and O–H groups in total. The second kappa shape index (κ2) is 4.70. The number of aliphatic carboxylic acids is 1. The Kier molecular flexibility index (Phi) is 3.00. The number of nitrogens with one attached hydrogen (secondary N) is 1. The lowest BCUT2D eigenvalue weighted by Crippen LogP contribution is -2.29. The first kappa shape index (κ1) is 12.8. The van der Waals surface area contributed by atoms with Crippen LogP contribution in [0.1, 0.15) is 24.9 Å². The lowest BCUT2D eigenvalue weighted by atomic mass is 10.1. The molecule has 106 valence electrons. The summed E-state index contributed by atoms with van der Waals surface area (Å²) >= 11 is 0. The van der Waals surface area contributed by atoms with E-state index in [9.17, 15) is 9.59 Å². The molecule has 6 heteroatoms. The predicted molar refractivity (Wildman–Crippen MR) is 68.4 cm³/mol. The normalized spacial score (nSPS) is 24.1. The van der Waals surface area contributed by atoms with Crippen LogP contribution in [0.5, 0.6) is 11.5 Å². The Morgan fingerprint density at radius 1 is 1.30 bits per heavy atom. The summed E-state index contributed by atoms with van der Waals surface area (Å²) in [7, 11) is 0. The van der Waals surface area contributed by atoms with Gasteiger partial charge < -0.3 is 19.9 Å². The van der Waals surface area contributed by atoms with Crippen LogP contribution >= 0.6 is 0 Å². The second-order valence-corrected chi connectivity index (χ2v) is 5.13. The Bertz CT molecular complexity index is 571. The molecule has 3 rings (SSSR count). The lowest BCUT2D eigenvalue weighted by Gasteiger charge is -2.14. The molecule has 2 aliphatic rings. The topological polar surface area (TPSA) is 84.9 Å². The highest BCUT2D eigenvalue weighted by Crippen LogP contribution is 2.39. The number of carboxylic acids is 1. The third-order valence-electron chi connectivity index (χ3n) is 3.70. The van der Waals surface area contributed by atoms with E-state index in [1.165, 1.54) is 0 Å². The molecule has 1 aliphatic carbocycles. The zero-order valence-corrected chi connectivity index (χ0v) is 11.0. The van der Waals surface area contributed by atoms with E-state index in [0.29, 0.717) is 17.9 Å². The van der Waals surface area contributed by atoms with Crippen molar-refractivity contribution in [3.8, 4) is 11.5 Å². The van der Waals surface area contributed by atoms with Crippen LogP contribution in [0, 0.1) is 11.8 Å². The molecule has 1 amide bonds. The number of rotatable bonds is 4. The maximum absolute atomic E-state index is 11.9. The van der Waals surface area contributed by atoms with Crippen molar-refractivity contribution >= 4 is 11.9 Å². The largest absolute Gasteiger partial charge is 0.481 e. The van der Waals surface area contributed by atoms with Crippen LogP contribution in [0.25, 0.3) is 0 Å². The van der Waals surface area contributed by atoms with Crippen LogP contribution < -0.4 is 14.8 Å². The number of carboxylic acid groups (broad SMARTS) is 1. The van der Waals surface area contributed by atoms with E-state index < -0.39 is 17.8 Å². The molecule has 3 atom stereocenters. The van der Waals surface area contributed by atoms with Gasteiger partial charge in [-0.2, -0.15) is 0 Å². The van der Waals surface area contributed by atoms with Crippen LogP contribution in [0.15, 0.2) is 18.2 Å². The molecule has 0 unspecified atom stereocenters. The molecule has 1 fully saturated rings. The maximum atomic E-state index is 11.9. The number of ether oxygens (including phenoxy) is 2. The van der Waals surface area contributed by atoms with Gasteiger partial charge in [0.05, 0.1) is 17.9 Å². The Morgan fingerprint density at radius 3 is 2.75 bits per heavy atom. The van der Waals surface area contributed by atoms with Crippen LogP contribution in [0.4, 0.5) is 0 Å². The summed E-state index contributed by atoms with van der Waals surface area (Å²) in [6, 6.07) is 5.29. The Morgan fingerprint density at radius 2 is 2.05 bits per heavy atom. The third kappa shape index (κ3) is 2.29. The molecule has 6 nitrogen and oxygen atoms in total. The van der Waals surface area contributed by atoms with Crippen molar-refractivity contribution in [3.05, 3.63) is 23.8 Å². The molecule has 0 radical (unpaired) electrons. The molecular formula is C14H15NO5. The zero-order chi connectivity index (χ0) is 14.3. The smallest absolute Gasteiger partial charge is 0.307 e. The Hall–Kier alpha value is -2.24. The fourth-order valence-electron chi connectivity index (χ4n) is 2.34. The SMILES string of the molecule is C[C@H](NC(=O)[C@@H]1C[C@H]1C(=O)O)c1ccc2c(c1)OCO2. The van der Waals surface area contributed by atoms with Gasteiger partial charge in [0, 0.05) is 0 Å². The first-order valence-corrected chi connectivity index (χ1v) is 6.49. The van der Waals surface area contributed by atoms with Gasteiger partial charge in [-0.15, -0.1) is 0 Å². The van der Waals surface area contributed by atoms with Crippen LogP contribution in [0.3, 0.4) is 0 Å². The van der Waals surface area contributed by atoms with Crippen molar-refractivity contribution in [3.63, 3.8) is 0 Å². The summed E-state index contributed by atoms with van der Waals surface area (Å²) in [6.45, 7) is 2.06. The maximum Gasteiger partial charge on any atom is 0.307 e. The summed E-state index contributed by atoms with van der Waals surface area (Å²) in [4.78, 5) is 22.7. The minimum absolute atomic E-state index is 0.202. The molecule has 0 bridgehead atoms. The van der Waals surface area contributed by atoms with Gasteiger partial charge in [-0.1, -0.05) is 6.07 Å². The number of carbonyl (C=O) groups is 2. The predicted octanol–water partition coefficient (Wildman–Crippen LogP) is 1.31. The zero-order valence-electron chi connectivity index (χ0n) is 11.0. The first-order valence-electron chi connectivity index (χ1n) is 6.49. The summed E-state index contributed by atoms with van der Waals surface area (Å²) < 4.78 is 10.5. The van der Waals surface area contributed by atoms with Crippen molar-refractivity contribution in [1.29, 1.82) is 0 Å². The molecule has 0 spiro atoms. The van der Waals surface area contributed by atoms with Crippen LogP contribution in [-0.4, -0.2) is 23.8 Å². The second-order valence-electron chi connectivity index (χ2n) is 5.13. The van der Waals surface area contributed by atoms with Crippen molar-refractivity contribution in [1.82, 2.24) is 5.32 Å². The fraction of sp³-hybridized carbons (Fsp3) is 0.429. The molecule has 0 saturated heterocycles. The Labute approximate surface area is 115 Å². The van der Waals surface area contributed by atoms with Crippen molar-refractivity contribution in [2.45, 2.75) is 19.4 Å². The van der Waals surface area contributed by atoms with Gasteiger partial charge in [-0.3, -0.25) is 9.59 Å². The molecule has 1 saturated carbocycles. The summed E-state index contributed by atoms with van der Waals surface area (Å²) in [5.41, 5.74) is 0.898.